The number of piperidine rings is 1. The van der Waals surface area contributed by atoms with E-state index in [0.29, 0.717) is 18.2 Å². The molecule has 1 aromatic rings. The van der Waals surface area contributed by atoms with Gasteiger partial charge < -0.3 is 10.1 Å². The molecule has 1 atom stereocenters. The largest absolute Gasteiger partial charge is 0.375 e. The Morgan fingerprint density at radius 3 is 3.12 bits per heavy atom. The zero-order chi connectivity index (χ0) is 11.9. The van der Waals surface area contributed by atoms with Crippen molar-refractivity contribution < 1.29 is 4.74 Å². The van der Waals surface area contributed by atoms with Gasteiger partial charge in [-0.1, -0.05) is 18.6 Å². The summed E-state index contributed by atoms with van der Waals surface area (Å²) in [5.41, 5.74) is 1.77. The lowest BCUT2D eigenvalue weighted by atomic mass is 10.1. The number of hydrogen-bond donors (Lipinski definition) is 1. The van der Waals surface area contributed by atoms with Crippen LogP contribution in [-0.2, 0) is 11.3 Å². The van der Waals surface area contributed by atoms with Crippen LogP contribution in [0.4, 0.5) is 0 Å². The van der Waals surface area contributed by atoms with Crippen molar-refractivity contribution in [2.24, 2.45) is 0 Å². The van der Waals surface area contributed by atoms with Crippen molar-refractivity contribution in [1.29, 1.82) is 5.26 Å². The van der Waals surface area contributed by atoms with Crippen molar-refractivity contribution in [2.75, 3.05) is 13.2 Å². The van der Waals surface area contributed by atoms with E-state index in [9.17, 15) is 0 Å². The summed E-state index contributed by atoms with van der Waals surface area (Å²) in [7, 11) is 0. The molecular weight excluding hydrogens is 212 g/mol. The van der Waals surface area contributed by atoms with Gasteiger partial charge in [-0.05, 0) is 37.1 Å². The van der Waals surface area contributed by atoms with Gasteiger partial charge in [-0.25, -0.2) is 0 Å². The fraction of sp³-hybridized carbons (Fsp3) is 0.500. The SMILES string of the molecule is N#Cc1cccc(COCC2CCCCN2)c1. The van der Waals surface area contributed by atoms with Crippen LogP contribution in [0.5, 0.6) is 0 Å². The molecule has 0 amide bonds. The van der Waals surface area contributed by atoms with E-state index in [2.05, 4.69) is 11.4 Å². The molecule has 1 aromatic carbocycles. The molecule has 17 heavy (non-hydrogen) atoms. The van der Waals surface area contributed by atoms with Crippen LogP contribution in [0.25, 0.3) is 0 Å². The van der Waals surface area contributed by atoms with Crippen molar-refractivity contribution in [2.45, 2.75) is 31.9 Å². The first-order valence-corrected chi connectivity index (χ1v) is 6.18. The van der Waals surface area contributed by atoms with E-state index in [1.54, 1.807) is 0 Å². The minimum absolute atomic E-state index is 0.503. The van der Waals surface area contributed by atoms with Gasteiger partial charge in [-0.15, -0.1) is 0 Å². The molecule has 90 valence electrons. The standard InChI is InChI=1S/C14H18N2O/c15-9-12-4-3-5-13(8-12)10-17-11-14-6-1-2-7-16-14/h3-5,8,14,16H,1-2,6-7,10-11H2. The van der Waals surface area contributed by atoms with Crippen LogP contribution in [0.15, 0.2) is 24.3 Å². The van der Waals surface area contributed by atoms with E-state index in [1.165, 1.54) is 19.3 Å². The number of nitriles is 1. The number of benzene rings is 1. The van der Waals surface area contributed by atoms with Crippen LogP contribution in [0.1, 0.15) is 30.4 Å². The maximum Gasteiger partial charge on any atom is 0.0991 e. The van der Waals surface area contributed by atoms with Gasteiger partial charge in [0.05, 0.1) is 24.8 Å². The van der Waals surface area contributed by atoms with Gasteiger partial charge >= 0.3 is 0 Å². The monoisotopic (exact) mass is 230 g/mol. The van der Waals surface area contributed by atoms with Gasteiger partial charge in [0.2, 0.25) is 0 Å². The van der Waals surface area contributed by atoms with Gasteiger partial charge in [0.1, 0.15) is 0 Å². The molecule has 1 saturated heterocycles. The summed E-state index contributed by atoms with van der Waals surface area (Å²) in [6.45, 7) is 2.46. The number of nitrogens with one attached hydrogen (secondary N) is 1. The topological polar surface area (TPSA) is 45.0 Å². The van der Waals surface area contributed by atoms with Crippen molar-refractivity contribution >= 4 is 0 Å². The van der Waals surface area contributed by atoms with Gasteiger partial charge in [0.15, 0.2) is 0 Å². The van der Waals surface area contributed by atoms with Gasteiger partial charge in [-0.3, -0.25) is 0 Å². The first-order chi connectivity index (χ1) is 8.38. The molecule has 1 aliphatic heterocycles. The Balaban J connectivity index is 1.75. The number of nitrogens with zero attached hydrogens (tertiary/aromatic N) is 1. The maximum absolute atomic E-state index is 8.79. The highest BCUT2D eigenvalue weighted by atomic mass is 16.5. The highest BCUT2D eigenvalue weighted by Gasteiger charge is 2.11. The lowest BCUT2D eigenvalue weighted by Crippen LogP contribution is -2.37. The Kier molecular flexibility index (Phi) is 4.54. The van der Waals surface area contributed by atoms with E-state index < -0.39 is 0 Å². The van der Waals surface area contributed by atoms with Gasteiger partial charge in [0.25, 0.3) is 0 Å². The van der Waals surface area contributed by atoms with Gasteiger partial charge in [0, 0.05) is 6.04 Å². The van der Waals surface area contributed by atoms with E-state index in [0.717, 1.165) is 18.7 Å². The lowest BCUT2D eigenvalue weighted by Gasteiger charge is -2.23. The van der Waals surface area contributed by atoms with E-state index >= 15 is 0 Å². The Morgan fingerprint density at radius 2 is 2.35 bits per heavy atom. The average molecular weight is 230 g/mol. The summed E-state index contributed by atoms with van der Waals surface area (Å²) < 4.78 is 5.69. The van der Waals surface area contributed by atoms with Crippen LogP contribution in [-0.4, -0.2) is 19.2 Å². The zero-order valence-corrected chi connectivity index (χ0v) is 9.98. The highest BCUT2D eigenvalue weighted by Crippen LogP contribution is 2.09. The molecule has 2 rings (SSSR count). The minimum Gasteiger partial charge on any atom is -0.375 e. The summed E-state index contributed by atoms with van der Waals surface area (Å²) in [4.78, 5) is 0. The third kappa shape index (κ3) is 3.85. The molecule has 3 nitrogen and oxygen atoms in total. The Morgan fingerprint density at radius 1 is 1.41 bits per heavy atom. The fourth-order valence-electron chi connectivity index (χ4n) is 2.12. The summed E-state index contributed by atoms with van der Waals surface area (Å²) in [6.07, 6.45) is 3.78. The predicted octanol–water partition coefficient (Wildman–Crippen LogP) is 2.22. The maximum atomic E-state index is 8.79. The summed E-state index contributed by atoms with van der Waals surface area (Å²) >= 11 is 0. The third-order valence-corrected chi connectivity index (χ3v) is 3.06. The Bertz CT molecular complexity index is 391. The summed E-state index contributed by atoms with van der Waals surface area (Å²) in [5, 5.41) is 12.2. The molecule has 0 saturated carbocycles. The molecule has 0 aromatic heterocycles. The predicted molar refractivity (Wildman–Crippen MR) is 66.5 cm³/mol. The molecule has 1 heterocycles. The molecule has 0 bridgehead atoms. The molecule has 1 N–H and O–H groups in total. The molecule has 1 fully saturated rings. The third-order valence-electron chi connectivity index (χ3n) is 3.06. The molecule has 0 radical (unpaired) electrons. The normalized spacial score (nSPS) is 19.8. The van der Waals surface area contributed by atoms with Crippen molar-refractivity contribution in [3.63, 3.8) is 0 Å². The quantitative estimate of drug-likeness (QED) is 0.862. The fourth-order valence-corrected chi connectivity index (χ4v) is 2.12. The molecule has 0 spiro atoms. The second-order valence-corrected chi connectivity index (χ2v) is 4.47. The van der Waals surface area contributed by atoms with Crippen molar-refractivity contribution in [3.05, 3.63) is 35.4 Å². The lowest BCUT2D eigenvalue weighted by molar-refractivity contribution is 0.0911. The first-order valence-electron chi connectivity index (χ1n) is 6.18. The van der Waals surface area contributed by atoms with Crippen molar-refractivity contribution in [3.8, 4) is 6.07 Å². The van der Waals surface area contributed by atoms with Crippen LogP contribution >= 0.6 is 0 Å². The second-order valence-electron chi connectivity index (χ2n) is 4.47. The first kappa shape index (κ1) is 12.1. The molecular formula is C14H18N2O. The highest BCUT2D eigenvalue weighted by molar-refractivity contribution is 5.32. The summed E-state index contributed by atoms with van der Waals surface area (Å²) in [6, 6.07) is 10.2. The smallest absolute Gasteiger partial charge is 0.0991 e. The number of hydrogen-bond acceptors (Lipinski definition) is 3. The van der Waals surface area contributed by atoms with E-state index in [1.807, 2.05) is 24.3 Å². The number of rotatable bonds is 4. The van der Waals surface area contributed by atoms with E-state index in [4.69, 9.17) is 10.00 Å². The molecule has 1 unspecified atom stereocenters. The Labute approximate surface area is 102 Å². The van der Waals surface area contributed by atoms with Crippen LogP contribution < -0.4 is 5.32 Å². The molecule has 0 aliphatic carbocycles. The average Bonchev–Trinajstić information content (AvgIpc) is 2.40. The second kappa shape index (κ2) is 6.39. The van der Waals surface area contributed by atoms with Gasteiger partial charge in [-0.2, -0.15) is 5.26 Å². The zero-order valence-electron chi connectivity index (χ0n) is 9.98. The Hall–Kier alpha value is -1.37. The minimum atomic E-state index is 0.503. The van der Waals surface area contributed by atoms with Crippen LogP contribution in [0.3, 0.4) is 0 Å². The van der Waals surface area contributed by atoms with E-state index in [-0.39, 0.29) is 0 Å². The molecule has 1 aliphatic rings. The summed E-state index contributed by atoms with van der Waals surface area (Å²) in [5.74, 6) is 0. The number of ether oxygens (including phenoxy) is 1. The molecule has 3 heteroatoms. The van der Waals surface area contributed by atoms with Crippen molar-refractivity contribution in [1.82, 2.24) is 5.32 Å². The van der Waals surface area contributed by atoms with Crippen LogP contribution in [0.2, 0.25) is 0 Å². The van der Waals surface area contributed by atoms with Crippen LogP contribution in [0, 0.1) is 11.3 Å².